The van der Waals surface area contributed by atoms with Crippen LogP contribution in [0.4, 0.5) is 5.69 Å². The van der Waals surface area contributed by atoms with Crippen LogP contribution in [0.15, 0.2) is 35.3 Å². The van der Waals surface area contributed by atoms with Crippen LogP contribution >= 0.6 is 24.0 Å². The molecule has 0 saturated carbocycles. The zero-order valence-electron chi connectivity index (χ0n) is 16.7. The van der Waals surface area contributed by atoms with Gasteiger partial charge in [-0.25, -0.2) is 0 Å². The first-order valence-electron chi connectivity index (χ1n) is 9.53. The summed E-state index contributed by atoms with van der Waals surface area (Å²) in [5, 5.41) is 19.8. The predicted octanol–water partition coefficient (Wildman–Crippen LogP) is 2.70. The molecule has 4 N–H and O–H groups in total. The number of guanidine groups is 1. The smallest absolute Gasteiger partial charge is 0.191 e. The largest absolute Gasteiger partial charge is 0.396 e. The lowest BCUT2D eigenvalue weighted by molar-refractivity contribution is 0.127. The molecule has 1 aliphatic heterocycles. The van der Waals surface area contributed by atoms with Gasteiger partial charge in [-0.3, -0.25) is 4.99 Å². The molecule has 2 rings (SSSR count). The zero-order chi connectivity index (χ0) is 18.8. The van der Waals surface area contributed by atoms with E-state index in [4.69, 9.17) is 4.74 Å². The van der Waals surface area contributed by atoms with Gasteiger partial charge in [0.15, 0.2) is 5.96 Å². The summed E-state index contributed by atoms with van der Waals surface area (Å²) in [4.78, 5) is 4.34. The van der Waals surface area contributed by atoms with Gasteiger partial charge >= 0.3 is 0 Å². The van der Waals surface area contributed by atoms with Gasteiger partial charge in [0.05, 0.1) is 6.61 Å². The molecule has 0 spiro atoms. The number of nitrogens with zero attached hydrogens (tertiary/aromatic N) is 1. The molecule has 0 bridgehead atoms. The van der Waals surface area contributed by atoms with Crippen LogP contribution < -0.4 is 16.0 Å². The Bertz CT molecular complexity index is 548. The Morgan fingerprint density at radius 1 is 1.26 bits per heavy atom. The second kappa shape index (κ2) is 12.4. The average Bonchev–Trinajstić information content (AvgIpc) is 3.10. The Kier molecular flexibility index (Phi) is 11.0. The Balaban J connectivity index is 0.00000364. The molecule has 6 nitrogen and oxygen atoms in total. The molecule has 0 radical (unpaired) electrons. The highest BCUT2D eigenvalue weighted by atomic mass is 127. The van der Waals surface area contributed by atoms with Gasteiger partial charge in [0.1, 0.15) is 0 Å². The van der Waals surface area contributed by atoms with Crippen molar-refractivity contribution in [2.24, 2.45) is 16.3 Å². The van der Waals surface area contributed by atoms with Gasteiger partial charge in [-0.2, -0.15) is 0 Å². The summed E-state index contributed by atoms with van der Waals surface area (Å²) in [6.07, 6.45) is 1.73. The van der Waals surface area contributed by atoms with Crippen LogP contribution in [0.25, 0.3) is 0 Å². The third-order valence-corrected chi connectivity index (χ3v) is 5.10. The topological polar surface area (TPSA) is 77.9 Å². The van der Waals surface area contributed by atoms with Gasteiger partial charge in [0.25, 0.3) is 0 Å². The van der Waals surface area contributed by atoms with Crippen molar-refractivity contribution >= 4 is 35.6 Å². The van der Waals surface area contributed by atoms with E-state index in [0.717, 1.165) is 44.2 Å². The highest BCUT2D eigenvalue weighted by Crippen LogP contribution is 2.31. The molecule has 1 aromatic carbocycles. The summed E-state index contributed by atoms with van der Waals surface area (Å²) in [7, 11) is 1.79. The Morgan fingerprint density at radius 2 is 2.00 bits per heavy atom. The number of anilines is 1. The van der Waals surface area contributed by atoms with E-state index in [-0.39, 0.29) is 42.0 Å². The number of para-hydroxylation sites is 1. The second-order valence-electron chi connectivity index (χ2n) is 7.44. The van der Waals surface area contributed by atoms with E-state index in [1.54, 1.807) is 7.05 Å². The molecule has 154 valence electrons. The van der Waals surface area contributed by atoms with Crippen LogP contribution in [0.1, 0.15) is 26.7 Å². The van der Waals surface area contributed by atoms with E-state index in [1.807, 2.05) is 18.2 Å². The highest BCUT2D eigenvalue weighted by Gasteiger charge is 2.34. The van der Waals surface area contributed by atoms with Gasteiger partial charge in [0, 0.05) is 50.5 Å². The third-order valence-electron chi connectivity index (χ3n) is 5.10. The number of rotatable bonds is 9. The number of halogens is 1. The molecular formula is C20H35IN4O2. The third kappa shape index (κ3) is 7.83. The number of aliphatic hydroxyl groups is 1. The maximum atomic E-state index is 9.35. The van der Waals surface area contributed by atoms with Crippen molar-refractivity contribution in [1.29, 1.82) is 0 Å². The van der Waals surface area contributed by atoms with Crippen LogP contribution in [0, 0.1) is 11.3 Å². The fraction of sp³-hybridized carbons (Fsp3) is 0.650. The van der Waals surface area contributed by atoms with E-state index < -0.39 is 0 Å². The van der Waals surface area contributed by atoms with Crippen molar-refractivity contribution in [1.82, 2.24) is 10.6 Å². The Hall–Kier alpha value is -1.06. The zero-order valence-corrected chi connectivity index (χ0v) is 19.0. The lowest BCUT2D eigenvalue weighted by Crippen LogP contribution is -2.48. The number of aliphatic imine (C=N–C) groups is 1. The van der Waals surface area contributed by atoms with Crippen LogP contribution in [-0.2, 0) is 4.74 Å². The van der Waals surface area contributed by atoms with Crippen molar-refractivity contribution in [2.75, 3.05) is 45.3 Å². The van der Waals surface area contributed by atoms with Crippen LogP contribution in [0.5, 0.6) is 0 Å². The molecular weight excluding hydrogens is 455 g/mol. The van der Waals surface area contributed by atoms with E-state index in [1.165, 1.54) is 0 Å². The fourth-order valence-electron chi connectivity index (χ4n) is 3.21. The summed E-state index contributed by atoms with van der Waals surface area (Å²) in [5.41, 5.74) is 1.13. The summed E-state index contributed by atoms with van der Waals surface area (Å²) < 4.78 is 5.55. The van der Waals surface area contributed by atoms with Crippen molar-refractivity contribution < 1.29 is 9.84 Å². The van der Waals surface area contributed by atoms with Crippen molar-refractivity contribution in [3.8, 4) is 0 Å². The molecule has 2 atom stereocenters. The van der Waals surface area contributed by atoms with Crippen molar-refractivity contribution in [2.45, 2.75) is 32.7 Å². The first-order valence-corrected chi connectivity index (χ1v) is 9.53. The highest BCUT2D eigenvalue weighted by molar-refractivity contribution is 14.0. The molecule has 1 aromatic rings. The monoisotopic (exact) mass is 490 g/mol. The van der Waals surface area contributed by atoms with E-state index in [9.17, 15) is 5.11 Å². The molecule has 1 fully saturated rings. The van der Waals surface area contributed by atoms with Crippen molar-refractivity contribution in [3.05, 3.63) is 30.3 Å². The number of hydrogen-bond acceptors (Lipinski definition) is 4. The number of aliphatic hydroxyl groups excluding tert-OH is 1. The molecule has 2 unspecified atom stereocenters. The predicted molar refractivity (Wildman–Crippen MR) is 123 cm³/mol. The molecule has 1 heterocycles. The summed E-state index contributed by atoms with van der Waals surface area (Å²) in [5.74, 6) is 1.26. The Labute approximate surface area is 180 Å². The molecule has 27 heavy (non-hydrogen) atoms. The Morgan fingerprint density at radius 3 is 2.56 bits per heavy atom. The first-order chi connectivity index (χ1) is 12.6. The maximum Gasteiger partial charge on any atom is 0.191 e. The van der Waals surface area contributed by atoms with E-state index in [0.29, 0.717) is 12.5 Å². The molecule has 1 aliphatic rings. The fourth-order valence-corrected chi connectivity index (χ4v) is 3.21. The lowest BCUT2D eigenvalue weighted by Gasteiger charge is -2.29. The summed E-state index contributed by atoms with van der Waals surface area (Å²) in [6, 6.07) is 10.6. The van der Waals surface area contributed by atoms with E-state index >= 15 is 0 Å². The van der Waals surface area contributed by atoms with E-state index in [2.05, 4.69) is 46.9 Å². The normalized spacial score (nSPS) is 20.9. The number of hydrogen-bond donors (Lipinski definition) is 4. The van der Waals surface area contributed by atoms with Gasteiger partial charge in [-0.05, 0) is 30.9 Å². The number of nitrogens with one attached hydrogen (secondary N) is 3. The standard InChI is InChI=1S/C20H34N4O2.HI/c1-16(2)18(24-17-7-5-4-6-8-17)13-22-19(21-3)23-14-20(9-11-25)10-12-26-15-20;/h4-8,16,18,24-25H,9-15H2,1-3H3,(H2,21,22,23);1H. The molecule has 7 heteroatoms. The molecule has 0 aliphatic carbocycles. The van der Waals surface area contributed by atoms with Crippen LogP contribution in [0.3, 0.4) is 0 Å². The van der Waals surface area contributed by atoms with Gasteiger partial charge in [-0.1, -0.05) is 32.0 Å². The molecule has 0 amide bonds. The van der Waals surface area contributed by atoms with Crippen LogP contribution in [-0.4, -0.2) is 57.1 Å². The first kappa shape index (κ1) is 24.0. The van der Waals surface area contributed by atoms with Gasteiger partial charge < -0.3 is 25.8 Å². The average molecular weight is 490 g/mol. The van der Waals surface area contributed by atoms with Gasteiger partial charge in [-0.15, -0.1) is 24.0 Å². The quantitative estimate of drug-likeness (QED) is 0.243. The molecule has 1 saturated heterocycles. The molecule has 0 aromatic heterocycles. The SMILES string of the molecule is CN=C(NCC(Nc1ccccc1)C(C)C)NCC1(CCO)CCOC1.I. The van der Waals surface area contributed by atoms with Crippen LogP contribution in [0.2, 0.25) is 0 Å². The summed E-state index contributed by atoms with van der Waals surface area (Å²) in [6.45, 7) is 7.61. The second-order valence-corrected chi connectivity index (χ2v) is 7.44. The minimum absolute atomic E-state index is 0. The number of ether oxygens (including phenoxy) is 1. The lowest BCUT2D eigenvalue weighted by atomic mass is 9.84. The maximum absolute atomic E-state index is 9.35. The minimum atomic E-state index is 0. The van der Waals surface area contributed by atoms with Crippen molar-refractivity contribution in [3.63, 3.8) is 0 Å². The summed E-state index contributed by atoms with van der Waals surface area (Å²) >= 11 is 0. The number of benzene rings is 1. The van der Waals surface area contributed by atoms with Gasteiger partial charge in [0.2, 0.25) is 0 Å². The minimum Gasteiger partial charge on any atom is -0.396 e.